The molecule has 21 heavy (non-hydrogen) atoms. The maximum absolute atomic E-state index is 12.3. The molecule has 5 nitrogen and oxygen atoms in total. The molecule has 0 saturated carbocycles. The second-order valence-corrected chi connectivity index (χ2v) is 7.06. The van der Waals surface area contributed by atoms with Crippen LogP contribution in [0.25, 0.3) is 0 Å². The standard InChI is InChI=1S/C16H24N4O/c1-16(2,3)15(21)20-9-7-19(8-10-20)14-11-12-5-4-6-13(12)17-18-14/h11H,4-10H2,1-3H3. The van der Waals surface area contributed by atoms with E-state index in [1.807, 2.05) is 25.7 Å². The van der Waals surface area contributed by atoms with Gasteiger partial charge in [0.2, 0.25) is 5.91 Å². The minimum absolute atomic E-state index is 0.238. The monoisotopic (exact) mass is 288 g/mol. The highest BCUT2D eigenvalue weighted by Gasteiger charge is 2.30. The van der Waals surface area contributed by atoms with E-state index < -0.39 is 0 Å². The van der Waals surface area contributed by atoms with E-state index in [0.29, 0.717) is 0 Å². The first-order valence-corrected chi connectivity index (χ1v) is 7.85. The van der Waals surface area contributed by atoms with Gasteiger partial charge in [-0.3, -0.25) is 4.79 Å². The van der Waals surface area contributed by atoms with Crippen molar-refractivity contribution in [3.8, 4) is 0 Å². The fraction of sp³-hybridized carbons (Fsp3) is 0.688. The van der Waals surface area contributed by atoms with Gasteiger partial charge < -0.3 is 9.80 Å². The Balaban J connectivity index is 1.65. The molecule has 0 aromatic carbocycles. The summed E-state index contributed by atoms with van der Waals surface area (Å²) in [5.41, 5.74) is 2.23. The number of piperazine rings is 1. The Morgan fingerprint density at radius 3 is 2.48 bits per heavy atom. The zero-order valence-corrected chi connectivity index (χ0v) is 13.2. The highest BCUT2D eigenvalue weighted by molar-refractivity contribution is 5.81. The highest BCUT2D eigenvalue weighted by Crippen LogP contribution is 2.24. The number of amides is 1. The van der Waals surface area contributed by atoms with Crippen molar-refractivity contribution in [2.45, 2.75) is 40.0 Å². The van der Waals surface area contributed by atoms with Gasteiger partial charge in [-0.1, -0.05) is 20.8 Å². The van der Waals surface area contributed by atoms with Crippen LogP contribution in [0.1, 0.15) is 38.4 Å². The average molecular weight is 288 g/mol. The average Bonchev–Trinajstić information content (AvgIpc) is 2.93. The van der Waals surface area contributed by atoms with E-state index in [-0.39, 0.29) is 11.3 Å². The van der Waals surface area contributed by atoms with E-state index in [1.165, 1.54) is 17.7 Å². The molecule has 2 aliphatic rings. The molecule has 5 heteroatoms. The normalized spacial score (nSPS) is 18.8. The van der Waals surface area contributed by atoms with Gasteiger partial charge in [-0.2, -0.15) is 5.10 Å². The number of anilines is 1. The number of carbonyl (C=O) groups excluding carboxylic acids is 1. The van der Waals surface area contributed by atoms with Crippen LogP contribution in [0, 0.1) is 5.41 Å². The molecule has 0 atom stereocenters. The summed E-state index contributed by atoms with van der Waals surface area (Å²) in [6, 6.07) is 2.19. The number of carbonyl (C=O) groups is 1. The van der Waals surface area contributed by atoms with E-state index in [1.54, 1.807) is 0 Å². The number of nitrogens with zero attached hydrogens (tertiary/aromatic N) is 4. The minimum Gasteiger partial charge on any atom is -0.352 e. The van der Waals surface area contributed by atoms with Crippen LogP contribution in [0.15, 0.2) is 6.07 Å². The number of aryl methyl sites for hydroxylation is 2. The Labute approximate surface area is 126 Å². The Morgan fingerprint density at radius 1 is 1.10 bits per heavy atom. The molecular weight excluding hydrogens is 264 g/mol. The van der Waals surface area contributed by atoms with E-state index >= 15 is 0 Å². The number of rotatable bonds is 1. The first-order valence-electron chi connectivity index (χ1n) is 7.85. The molecule has 1 aliphatic carbocycles. The maximum Gasteiger partial charge on any atom is 0.228 e. The molecule has 2 heterocycles. The van der Waals surface area contributed by atoms with Gasteiger partial charge in [0.15, 0.2) is 5.82 Å². The lowest BCUT2D eigenvalue weighted by Crippen LogP contribution is -2.51. The van der Waals surface area contributed by atoms with Crippen molar-refractivity contribution in [3.63, 3.8) is 0 Å². The topological polar surface area (TPSA) is 49.3 Å². The third kappa shape index (κ3) is 2.87. The molecule has 0 radical (unpaired) electrons. The summed E-state index contributed by atoms with van der Waals surface area (Å²) in [6.07, 6.45) is 3.39. The Kier molecular flexibility index (Phi) is 3.59. The number of hydrogen-bond acceptors (Lipinski definition) is 4. The summed E-state index contributed by atoms with van der Waals surface area (Å²) in [4.78, 5) is 16.5. The van der Waals surface area contributed by atoms with E-state index in [4.69, 9.17) is 0 Å². The van der Waals surface area contributed by atoms with Crippen LogP contribution >= 0.6 is 0 Å². The van der Waals surface area contributed by atoms with Crippen molar-refractivity contribution >= 4 is 11.7 Å². The molecule has 1 saturated heterocycles. The Hall–Kier alpha value is -1.65. The lowest BCUT2D eigenvalue weighted by atomic mass is 9.94. The van der Waals surface area contributed by atoms with Gasteiger partial charge in [-0.15, -0.1) is 5.10 Å². The SMILES string of the molecule is CC(C)(C)C(=O)N1CCN(c2cc3c(nn2)CCC3)CC1. The summed E-state index contributed by atoms with van der Waals surface area (Å²) in [5, 5.41) is 8.72. The fourth-order valence-corrected chi connectivity index (χ4v) is 3.08. The second kappa shape index (κ2) is 5.28. The summed E-state index contributed by atoms with van der Waals surface area (Å²) in [7, 11) is 0. The van der Waals surface area contributed by atoms with Crippen LogP contribution in [0.3, 0.4) is 0 Å². The molecular formula is C16H24N4O. The van der Waals surface area contributed by atoms with Gasteiger partial charge in [0, 0.05) is 31.6 Å². The van der Waals surface area contributed by atoms with Crippen LogP contribution in [0.4, 0.5) is 5.82 Å². The number of aromatic nitrogens is 2. The molecule has 0 spiro atoms. The van der Waals surface area contributed by atoms with Gasteiger partial charge in [-0.25, -0.2) is 0 Å². The van der Waals surface area contributed by atoms with Crippen LogP contribution in [-0.2, 0) is 17.6 Å². The van der Waals surface area contributed by atoms with Gasteiger partial charge in [0.05, 0.1) is 5.69 Å². The zero-order chi connectivity index (χ0) is 15.0. The Morgan fingerprint density at radius 2 is 1.81 bits per heavy atom. The predicted molar refractivity (Wildman–Crippen MR) is 82.3 cm³/mol. The largest absolute Gasteiger partial charge is 0.352 e. The van der Waals surface area contributed by atoms with Gasteiger partial charge in [-0.05, 0) is 30.9 Å². The van der Waals surface area contributed by atoms with Crippen molar-refractivity contribution in [3.05, 3.63) is 17.3 Å². The van der Waals surface area contributed by atoms with Crippen LogP contribution in [0.5, 0.6) is 0 Å². The van der Waals surface area contributed by atoms with Gasteiger partial charge in [0.1, 0.15) is 0 Å². The first kappa shape index (κ1) is 14.3. The molecule has 114 valence electrons. The molecule has 1 amide bonds. The molecule has 0 bridgehead atoms. The molecule has 1 aromatic rings. The summed E-state index contributed by atoms with van der Waals surface area (Å²) >= 11 is 0. The van der Waals surface area contributed by atoms with Crippen molar-refractivity contribution in [2.24, 2.45) is 5.41 Å². The summed E-state index contributed by atoms with van der Waals surface area (Å²) in [6.45, 7) is 9.17. The lowest BCUT2D eigenvalue weighted by molar-refractivity contribution is -0.139. The molecule has 1 aliphatic heterocycles. The summed E-state index contributed by atoms with van der Waals surface area (Å²) in [5.74, 6) is 1.21. The smallest absolute Gasteiger partial charge is 0.228 e. The van der Waals surface area contributed by atoms with Crippen molar-refractivity contribution in [1.29, 1.82) is 0 Å². The third-order valence-electron chi connectivity index (χ3n) is 4.34. The Bertz CT molecular complexity index is 542. The van der Waals surface area contributed by atoms with Crippen LogP contribution in [-0.4, -0.2) is 47.2 Å². The zero-order valence-electron chi connectivity index (χ0n) is 13.2. The highest BCUT2D eigenvalue weighted by atomic mass is 16.2. The van der Waals surface area contributed by atoms with Crippen LogP contribution < -0.4 is 4.90 Å². The maximum atomic E-state index is 12.3. The second-order valence-electron chi connectivity index (χ2n) is 7.06. The minimum atomic E-state index is -0.296. The van der Waals surface area contributed by atoms with E-state index in [0.717, 1.165) is 44.8 Å². The van der Waals surface area contributed by atoms with Crippen molar-refractivity contribution in [2.75, 3.05) is 31.1 Å². The van der Waals surface area contributed by atoms with Gasteiger partial charge >= 0.3 is 0 Å². The quantitative estimate of drug-likeness (QED) is 0.788. The van der Waals surface area contributed by atoms with Crippen LogP contribution in [0.2, 0.25) is 0 Å². The summed E-state index contributed by atoms with van der Waals surface area (Å²) < 4.78 is 0. The van der Waals surface area contributed by atoms with E-state index in [2.05, 4.69) is 21.2 Å². The lowest BCUT2D eigenvalue weighted by Gasteiger charge is -2.38. The number of hydrogen-bond donors (Lipinski definition) is 0. The molecule has 1 aromatic heterocycles. The molecule has 3 rings (SSSR count). The molecule has 1 fully saturated rings. The van der Waals surface area contributed by atoms with Crippen molar-refractivity contribution < 1.29 is 4.79 Å². The number of fused-ring (bicyclic) bond motifs is 1. The predicted octanol–water partition coefficient (Wildman–Crippen LogP) is 1.66. The molecule has 0 N–H and O–H groups in total. The fourth-order valence-electron chi connectivity index (χ4n) is 3.08. The van der Waals surface area contributed by atoms with Crippen molar-refractivity contribution in [1.82, 2.24) is 15.1 Å². The van der Waals surface area contributed by atoms with Gasteiger partial charge in [0.25, 0.3) is 0 Å². The van der Waals surface area contributed by atoms with E-state index in [9.17, 15) is 4.79 Å². The molecule has 0 unspecified atom stereocenters. The third-order valence-corrected chi connectivity index (χ3v) is 4.34. The first-order chi connectivity index (χ1) is 9.95.